The molecular formula is C44H70N4O13. The van der Waals surface area contributed by atoms with Crippen molar-refractivity contribution in [2.24, 2.45) is 0 Å². The van der Waals surface area contributed by atoms with Crippen molar-refractivity contribution in [1.82, 2.24) is 10.6 Å². The minimum absolute atomic E-state index is 0.230. The highest BCUT2D eigenvalue weighted by atomic mass is 16.6. The quantitative estimate of drug-likeness (QED) is 0.0348. The molecule has 61 heavy (non-hydrogen) atoms. The van der Waals surface area contributed by atoms with Gasteiger partial charge in [0.15, 0.2) is 0 Å². The number of nitrogens with one attached hydrogen (secondary N) is 3. The Hall–Kier alpha value is -5.74. The molecule has 0 aliphatic rings. The van der Waals surface area contributed by atoms with Crippen LogP contribution in [0.3, 0.4) is 0 Å². The SMILES string of the molecule is CCOC(=O)CCCC[C@H](NC(=O)OC(C)(C)C)C(=O)Nc1cccc(OCC)c1.CCOC(=O)CCCC[C@H](NC(=O)OC(C)(C)C)C(=O)O.CCOc1cccc(N)c1. The van der Waals surface area contributed by atoms with Gasteiger partial charge in [-0.15, -0.1) is 0 Å². The Morgan fingerprint density at radius 3 is 1.49 bits per heavy atom. The highest BCUT2D eigenvalue weighted by molar-refractivity contribution is 5.96. The number of carboxylic acids is 1. The van der Waals surface area contributed by atoms with E-state index < -0.39 is 41.4 Å². The molecule has 0 spiro atoms. The minimum Gasteiger partial charge on any atom is -0.494 e. The zero-order chi connectivity index (χ0) is 46.4. The molecule has 0 heterocycles. The number of alkyl carbamates (subject to hydrolysis) is 2. The third-order valence-corrected chi connectivity index (χ3v) is 7.44. The molecule has 0 aliphatic carbocycles. The molecule has 0 radical (unpaired) electrons. The number of nitrogens with two attached hydrogens (primary N) is 1. The monoisotopic (exact) mass is 862 g/mol. The average molecular weight is 863 g/mol. The highest BCUT2D eigenvalue weighted by Gasteiger charge is 2.25. The first-order valence-corrected chi connectivity index (χ1v) is 20.7. The number of ether oxygens (including phenoxy) is 6. The van der Waals surface area contributed by atoms with E-state index in [2.05, 4.69) is 16.0 Å². The Morgan fingerprint density at radius 1 is 0.623 bits per heavy atom. The highest BCUT2D eigenvalue weighted by Crippen LogP contribution is 2.19. The number of carbonyl (C=O) groups is 6. The van der Waals surface area contributed by atoms with Crippen molar-refractivity contribution < 1.29 is 62.3 Å². The van der Waals surface area contributed by atoms with Gasteiger partial charge in [-0.1, -0.05) is 25.0 Å². The summed E-state index contributed by atoms with van der Waals surface area (Å²) in [4.78, 5) is 70.2. The summed E-state index contributed by atoms with van der Waals surface area (Å²) in [5.41, 5.74) is 5.45. The Kier molecular flexibility index (Phi) is 27.5. The molecular weight excluding hydrogens is 792 g/mol. The van der Waals surface area contributed by atoms with Crippen LogP contribution in [-0.4, -0.2) is 90.8 Å². The van der Waals surface area contributed by atoms with Gasteiger partial charge in [-0.2, -0.15) is 0 Å². The van der Waals surface area contributed by atoms with E-state index in [1.54, 1.807) is 79.7 Å². The lowest BCUT2D eigenvalue weighted by atomic mass is 10.1. The van der Waals surface area contributed by atoms with Gasteiger partial charge in [0.1, 0.15) is 34.8 Å². The van der Waals surface area contributed by atoms with Crippen molar-refractivity contribution in [3.63, 3.8) is 0 Å². The second kappa shape index (κ2) is 30.3. The summed E-state index contributed by atoms with van der Waals surface area (Å²) in [6.45, 7) is 19.5. The van der Waals surface area contributed by atoms with Crippen LogP contribution in [0.4, 0.5) is 21.0 Å². The molecule has 0 unspecified atom stereocenters. The van der Waals surface area contributed by atoms with Crippen molar-refractivity contribution in [2.75, 3.05) is 37.5 Å². The average Bonchev–Trinajstić information content (AvgIpc) is 3.14. The Morgan fingerprint density at radius 2 is 1.07 bits per heavy atom. The van der Waals surface area contributed by atoms with Crippen LogP contribution in [0, 0.1) is 0 Å². The Labute approximate surface area is 361 Å². The van der Waals surface area contributed by atoms with E-state index in [-0.39, 0.29) is 37.1 Å². The first kappa shape index (κ1) is 55.3. The van der Waals surface area contributed by atoms with Crippen molar-refractivity contribution in [3.05, 3.63) is 48.5 Å². The van der Waals surface area contributed by atoms with Crippen LogP contribution in [0.1, 0.15) is 121 Å². The maximum Gasteiger partial charge on any atom is 0.408 e. The topological polar surface area (TPSA) is 240 Å². The van der Waals surface area contributed by atoms with Crippen molar-refractivity contribution in [3.8, 4) is 11.5 Å². The normalized spacial score (nSPS) is 11.6. The number of aliphatic carboxylic acids is 1. The first-order valence-electron chi connectivity index (χ1n) is 20.7. The molecule has 3 amide bonds. The van der Waals surface area contributed by atoms with Crippen LogP contribution < -0.4 is 31.2 Å². The zero-order valence-corrected chi connectivity index (χ0v) is 37.7. The number of amides is 3. The maximum atomic E-state index is 12.8. The van der Waals surface area contributed by atoms with Crippen molar-refractivity contribution in [2.45, 2.75) is 144 Å². The molecule has 17 heteroatoms. The van der Waals surface area contributed by atoms with Gasteiger partial charge in [0.2, 0.25) is 5.91 Å². The summed E-state index contributed by atoms with van der Waals surface area (Å²) >= 11 is 0. The minimum atomic E-state index is -1.13. The molecule has 344 valence electrons. The van der Waals surface area contributed by atoms with Gasteiger partial charge in [0.25, 0.3) is 0 Å². The first-order chi connectivity index (χ1) is 28.6. The summed E-state index contributed by atoms with van der Waals surface area (Å²) < 4.78 is 30.6. The number of unbranched alkanes of at least 4 members (excludes halogenated alkanes) is 2. The van der Waals surface area contributed by atoms with Gasteiger partial charge in [0, 0.05) is 36.3 Å². The van der Waals surface area contributed by atoms with E-state index in [9.17, 15) is 28.8 Å². The molecule has 0 saturated heterocycles. The second-order valence-electron chi connectivity index (χ2n) is 15.3. The number of rotatable bonds is 21. The number of anilines is 2. The summed E-state index contributed by atoms with van der Waals surface area (Å²) in [6.07, 6.45) is 1.78. The number of hydrogen-bond acceptors (Lipinski definition) is 13. The third kappa shape index (κ3) is 30.0. The number of carbonyl (C=O) groups excluding carboxylic acids is 5. The van der Waals surface area contributed by atoms with Crippen LogP contribution in [0.15, 0.2) is 48.5 Å². The van der Waals surface area contributed by atoms with Gasteiger partial charge < -0.3 is 55.2 Å². The van der Waals surface area contributed by atoms with Gasteiger partial charge >= 0.3 is 30.1 Å². The molecule has 2 atom stereocenters. The van der Waals surface area contributed by atoms with E-state index in [0.717, 1.165) is 11.4 Å². The van der Waals surface area contributed by atoms with E-state index in [1.807, 2.05) is 38.1 Å². The zero-order valence-electron chi connectivity index (χ0n) is 37.7. The van der Waals surface area contributed by atoms with Gasteiger partial charge in [-0.25, -0.2) is 14.4 Å². The summed E-state index contributed by atoms with van der Waals surface area (Å²) in [7, 11) is 0. The van der Waals surface area contributed by atoms with Crippen LogP contribution >= 0.6 is 0 Å². The fraction of sp³-hybridized carbons (Fsp3) is 0.591. The molecule has 0 aliphatic heterocycles. The Balaban J connectivity index is 0.000000998. The molecule has 0 aromatic heterocycles. The number of esters is 2. The summed E-state index contributed by atoms with van der Waals surface area (Å²) in [5, 5.41) is 16.8. The third-order valence-electron chi connectivity index (χ3n) is 7.44. The molecule has 2 rings (SSSR count). The fourth-order valence-corrected chi connectivity index (χ4v) is 4.96. The molecule has 2 aromatic carbocycles. The molecule has 0 bridgehead atoms. The van der Waals surface area contributed by atoms with Crippen LogP contribution in [0.2, 0.25) is 0 Å². The lowest BCUT2D eigenvalue weighted by Crippen LogP contribution is -2.45. The Bertz CT molecular complexity index is 1620. The summed E-state index contributed by atoms with van der Waals surface area (Å²) in [5.74, 6) is -0.595. The van der Waals surface area contributed by atoms with E-state index in [0.29, 0.717) is 70.0 Å². The molecule has 2 aromatic rings. The van der Waals surface area contributed by atoms with Crippen molar-refractivity contribution in [1.29, 1.82) is 0 Å². The van der Waals surface area contributed by atoms with E-state index >= 15 is 0 Å². The lowest BCUT2D eigenvalue weighted by molar-refractivity contribution is -0.144. The van der Waals surface area contributed by atoms with Gasteiger partial charge in [-0.05, 0) is 119 Å². The van der Waals surface area contributed by atoms with Crippen molar-refractivity contribution >= 4 is 47.4 Å². The van der Waals surface area contributed by atoms with E-state index in [4.69, 9.17) is 39.3 Å². The standard InChI is InChI=1S/C22H34N2O6.C14H25NO6.C8H11NO/c1-6-28-17-12-10-11-16(15-17)23-20(26)18(24-21(27)30-22(3,4)5)13-8-9-14-19(25)29-7-2;1-5-20-11(16)9-7-6-8-10(12(17)18)15-13(19)21-14(2,3)4;1-2-10-8-5-3-4-7(9)6-8/h10-12,15,18H,6-9,13-14H2,1-5H3,(H,23,26)(H,24,27);10H,5-9H2,1-4H3,(H,15,19)(H,17,18);3-6H,2,9H2,1H3/t18-;10-;/m00./s1. The predicted molar refractivity (Wildman–Crippen MR) is 232 cm³/mol. The largest absolute Gasteiger partial charge is 0.494 e. The number of hydrogen-bond donors (Lipinski definition) is 5. The molecule has 17 nitrogen and oxygen atoms in total. The van der Waals surface area contributed by atoms with Gasteiger partial charge in [0.05, 0.1) is 26.4 Å². The number of benzene rings is 2. The lowest BCUT2D eigenvalue weighted by Gasteiger charge is -2.23. The molecule has 0 saturated carbocycles. The predicted octanol–water partition coefficient (Wildman–Crippen LogP) is 7.80. The number of carboxylic acid groups (broad SMARTS) is 1. The van der Waals surface area contributed by atoms with Crippen LogP contribution in [0.25, 0.3) is 0 Å². The van der Waals surface area contributed by atoms with Gasteiger partial charge in [-0.3, -0.25) is 14.4 Å². The smallest absolute Gasteiger partial charge is 0.408 e. The molecule has 0 fully saturated rings. The summed E-state index contributed by atoms with van der Waals surface area (Å²) in [6, 6.07) is 12.6. The second-order valence-corrected chi connectivity index (χ2v) is 15.3. The van der Waals surface area contributed by atoms with Crippen LogP contribution in [0.5, 0.6) is 11.5 Å². The van der Waals surface area contributed by atoms with E-state index in [1.165, 1.54) is 0 Å². The van der Waals surface area contributed by atoms with Crippen LogP contribution in [-0.2, 0) is 38.1 Å². The fourth-order valence-electron chi connectivity index (χ4n) is 4.96. The maximum absolute atomic E-state index is 12.8. The molecule has 6 N–H and O–H groups in total. The number of nitrogen functional groups attached to an aromatic ring is 1.